The van der Waals surface area contributed by atoms with Crippen LogP contribution in [0.1, 0.15) is 28.2 Å². The van der Waals surface area contributed by atoms with Gasteiger partial charge in [0, 0.05) is 44.0 Å². The van der Waals surface area contributed by atoms with Gasteiger partial charge in [-0.05, 0) is 23.8 Å². The standard InChI is InChI=1S/C24H27N5O6/c1-28-11-14-7-13(5-6-15(14)25-18(24(28)33)10-22(30)31)23(32)29(2)12-21-26-16-8-19(34-3)20(35-4)9-17(16)27-21/h5-9,18,25H,10-12H2,1-4H3,(H,26,27)(H,30,31)/t18-/m0/s1. The number of rotatable bonds is 7. The monoisotopic (exact) mass is 481 g/mol. The number of methoxy groups -OCH3 is 2. The van der Waals surface area contributed by atoms with E-state index in [-0.39, 0.29) is 31.3 Å². The summed E-state index contributed by atoms with van der Waals surface area (Å²) in [4.78, 5) is 47.6. The molecule has 0 saturated carbocycles. The van der Waals surface area contributed by atoms with E-state index in [9.17, 15) is 14.4 Å². The molecule has 2 aromatic carbocycles. The quantitative estimate of drug-likeness (QED) is 0.467. The molecular weight excluding hydrogens is 454 g/mol. The highest BCUT2D eigenvalue weighted by atomic mass is 16.5. The van der Waals surface area contributed by atoms with Crippen molar-refractivity contribution in [2.45, 2.75) is 25.6 Å². The average molecular weight is 482 g/mol. The van der Waals surface area contributed by atoms with Crippen LogP contribution in [0.3, 0.4) is 0 Å². The highest BCUT2D eigenvalue weighted by molar-refractivity contribution is 5.95. The lowest BCUT2D eigenvalue weighted by Gasteiger charge is -2.19. The van der Waals surface area contributed by atoms with Crippen molar-refractivity contribution in [3.8, 4) is 11.5 Å². The number of carbonyl (C=O) groups excluding carboxylic acids is 2. The number of hydrogen-bond acceptors (Lipinski definition) is 7. The first-order valence-corrected chi connectivity index (χ1v) is 10.9. The van der Waals surface area contributed by atoms with Gasteiger partial charge >= 0.3 is 5.97 Å². The maximum absolute atomic E-state index is 13.2. The number of carboxylic acids is 1. The van der Waals surface area contributed by atoms with Crippen molar-refractivity contribution >= 4 is 34.5 Å². The number of benzene rings is 2. The second-order valence-electron chi connectivity index (χ2n) is 8.43. The molecule has 1 atom stereocenters. The van der Waals surface area contributed by atoms with Gasteiger partial charge in [0.25, 0.3) is 5.91 Å². The van der Waals surface area contributed by atoms with E-state index in [4.69, 9.17) is 14.6 Å². The molecule has 0 saturated heterocycles. The molecule has 0 radical (unpaired) electrons. The Balaban J connectivity index is 1.53. The number of aliphatic carboxylic acids is 1. The molecule has 3 aromatic rings. The van der Waals surface area contributed by atoms with E-state index < -0.39 is 12.0 Å². The number of hydrogen-bond donors (Lipinski definition) is 3. The Morgan fingerprint density at radius 2 is 1.91 bits per heavy atom. The van der Waals surface area contributed by atoms with E-state index in [2.05, 4.69) is 15.3 Å². The third kappa shape index (κ3) is 4.84. The number of carboxylic acid groups (broad SMARTS) is 1. The summed E-state index contributed by atoms with van der Waals surface area (Å²) < 4.78 is 10.7. The highest BCUT2D eigenvalue weighted by Gasteiger charge is 2.29. The first-order valence-electron chi connectivity index (χ1n) is 10.9. The first-order chi connectivity index (χ1) is 16.7. The normalized spacial score (nSPS) is 15.3. The van der Waals surface area contributed by atoms with Gasteiger partial charge < -0.3 is 34.7 Å². The van der Waals surface area contributed by atoms with Crippen molar-refractivity contribution in [1.82, 2.24) is 19.8 Å². The zero-order valence-electron chi connectivity index (χ0n) is 19.9. The van der Waals surface area contributed by atoms with Crippen LogP contribution in [-0.4, -0.2) is 77.0 Å². The van der Waals surface area contributed by atoms with Crippen molar-refractivity contribution in [1.29, 1.82) is 0 Å². The molecule has 0 spiro atoms. The van der Waals surface area contributed by atoms with E-state index in [1.165, 1.54) is 4.90 Å². The van der Waals surface area contributed by atoms with E-state index in [0.29, 0.717) is 34.1 Å². The molecule has 0 fully saturated rings. The summed E-state index contributed by atoms with van der Waals surface area (Å²) >= 11 is 0. The van der Waals surface area contributed by atoms with Gasteiger partial charge in [0.2, 0.25) is 5.91 Å². The van der Waals surface area contributed by atoms with E-state index in [1.807, 2.05) is 0 Å². The number of imidazole rings is 1. The largest absolute Gasteiger partial charge is 0.493 e. The number of amides is 2. The lowest BCUT2D eigenvalue weighted by molar-refractivity contribution is -0.141. The fourth-order valence-electron chi connectivity index (χ4n) is 4.14. The fraction of sp³-hybridized carbons (Fsp3) is 0.333. The summed E-state index contributed by atoms with van der Waals surface area (Å²) in [5, 5.41) is 12.1. The highest BCUT2D eigenvalue weighted by Crippen LogP contribution is 2.31. The van der Waals surface area contributed by atoms with E-state index >= 15 is 0 Å². The molecular formula is C24H27N5O6. The summed E-state index contributed by atoms with van der Waals surface area (Å²) in [6.07, 6.45) is -0.332. The van der Waals surface area contributed by atoms with Gasteiger partial charge in [-0.1, -0.05) is 0 Å². The summed E-state index contributed by atoms with van der Waals surface area (Å²) in [7, 11) is 6.41. The Labute approximate surface area is 201 Å². The molecule has 1 aliphatic rings. The molecule has 0 aliphatic carbocycles. The van der Waals surface area contributed by atoms with E-state index in [1.54, 1.807) is 63.5 Å². The van der Waals surface area contributed by atoms with Crippen molar-refractivity contribution in [3.05, 3.63) is 47.3 Å². The Hall–Kier alpha value is -4.28. The number of nitrogens with one attached hydrogen (secondary N) is 2. The third-order valence-corrected chi connectivity index (χ3v) is 5.91. The molecule has 11 heteroatoms. The first kappa shape index (κ1) is 23.9. The van der Waals surface area contributed by atoms with Gasteiger partial charge in [-0.25, -0.2) is 4.98 Å². The summed E-state index contributed by atoms with van der Waals surface area (Å²) in [5.41, 5.74) is 3.27. The molecule has 35 heavy (non-hydrogen) atoms. The molecule has 0 unspecified atom stereocenters. The third-order valence-electron chi connectivity index (χ3n) is 5.91. The minimum atomic E-state index is -1.07. The lowest BCUT2D eigenvalue weighted by Crippen LogP contribution is -2.39. The van der Waals surface area contributed by atoms with Crippen LogP contribution in [0.25, 0.3) is 11.0 Å². The average Bonchev–Trinajstić information content (AvgIpc) is 3.18. The molecule has 2 heterocycles. The molecule has 4 rings (SSSR count). The summed E-state index contributed by atoms with van der Waals surface area (Å²) in [6, 6.07) is 7.78. The molecule has 1 aromatic heterocycles. The van der Waals surface area contributed by atoms with Crippen LogP contribution in [0.15, 0.2) is 30.3 Å². The van der Waals surface area contributed by atoms with Crippen LogP contribution >= 0.6 is 0 Å². The number of aromatic nitrogens is 2. The number of ether oxygens (including phenoxy) is 2. The smallest absolute Gasteiger partial charge is 0.305 e. The number of nitrogens with zero attached hydrogens (tertiary/aromatic N) is 3. The van der Waals surface area contributed by atoms with Crippen LogP contribution < -0.4 is 14.8 Å². The molecule has 1 aliphatic heterocycles. The number of likely N-dealkylation sites (N-methyl/N-ethyl adjacent to an activating group) is 1. The second kappa shape index (κ2) is 9.53. The Morgan fingerprint density at radius 3 is 2.60 bits per heavy atom. The molecule has 184 valence electrons. The van der Waals surface area contributed by atoms with Crippen molar-refractivity contribution < 1.29 is 29.0 Å². The Morgan fingerprint density at radius 1 is 1.20 bits per heavy atom. The number of aromatic amines is 1. The van der Waals surface area contributed by atoms with Gasteiger partial charge in [0.1, 0.15) is 11.9 Å². The van der Waals surface area contributed by atoms with Gasteiger partial charge in [0.15, 0.2) is 11.5 Å². The zero-order valence-corrected chi connectivity index (χ0v) is 19.9. The van der Waals surface area contributed by atoms with Crippen molar-refractivity contribution in [2.24, 2.45) is 0 Å². The molecule has 3 N–H and O–H groups in total. The van der Waals surface area contributed by atoms with Crippen LogP contribution in [-0.2, 0) is 22.7 Å². The summed E-state index contributed by atoms with van der Waals surface area (Å²) in [6.45, 7) is 0.502. The van der Waals surface area contributed by atoms with Gasteiger partial charge in [-0.2, -0.15) is 0 Å². The predicted molar refractivity (Wildman–Crippen MR) is 128 cm³/mol. The number of H-pyrrole nitrogens is 1. The Kier molecular flexibility index (Phi) is 6.50. The van der Waals surface area contributed by atoms with Crippen LogP contribution in [0, 0.1) is 0 Å². The van der Waals surface area contributed by atoms with E-state index in [0.717, 1.165) is 11.1 Å². The van der Waals surface area contributed by atoms with Gasteiger partial charge in [-0.3, -0.25) is 14.4 Å². The molecule has 11 nitrogen and oxygen atoms in total. The number of fused-ring (bicyclic) bond motifs is 2. The molecule has 0 bridgehead atoms. The SMILES string of the molecule is COc1cc2nc(CN(C)C(=O)c3ccc4c(c3)CN(C)C(=O)[C@H](CC(=O)O)N4)[nH]c2cc1OC. The van der Waals surface area contributed by atoms with Gasteiger partial charge in [-0.15, -0.1) is 0 Å². The van der Waals surface area contributed by atoms with Gasteiger partial charge in [0.05, 0.1) is 38.2 Å². The molecule has 2 amide bonds. The minimum Gasteiger partial charge on any atom is -0.493 e. The van der Waals surface area contributed by atoms with Crippen molar-refractivity contribution in [3.63, 3.8) is 0 Å². The van der Waals surface area contributed by atoms with Crippen molar-refractivity contribution in [2.75, 3.05) is 33.6 Å². The lowest BCUT2D eigenvalue weighted by atomic mass is 10.1. The second-order valence-corrected chi connectivity index (χ2v) is 8.43. The minimum absolute atomic E-state index is 0.219. The van der Waals surface area contributed by atoms with Crippen LogP contribution in [0.5, 0.6) is 11.5 Å². The van der Waals surface area contributed by atoms with Crippen LogP contribution in [0.4, 0.5) is 5.69 Å². The Bertz CT molecular complexity index is 1260. The predicted octanol–water partition coefficient (Wildman–Crippen LogP) is 2.08. The number of anilines is 1. The zero-order chi connectivity index (χ0) is 25.3. The summed E-state index contributed by atoms with van der Waals surface area (Å²) in [5.74, 6) is 0.144. The topological polar surface area (TPSA) is 137 Å². The fourth-order valence-corrected chi connectivity index (χ4v) is 4.14. The number of carbonyl (C=O) groups is 3. The van der Waals surface area contributed by atoms with Crippen LogP contribution in [0.2, 0.25) is 0 Å². The maximum atomic E-state index is 13.2. The maximum Gasteiger partial charge on any atom is 0.305 e.